The Hall–Kier alpha value is -4.02. The molecule has 0 atom stereocenters. The molecule has 2 aromatic heterocycles. The lowest BCUT2D eigenvalue weighted by atomic mass is 10.1. The summed E-state index contributed by atoms with van der Waals surface area (Å²) in [6.07, 6.45) is 1.10. The van der Waals surface area contributed by atoms with Gasteiger partial charge in [0, 0.05) is 23.6 Å². The fourth-order valence-electron chi connectivity index (χ4n) is 4.00. The number of benzene rings is 2. The summed E-state index contributed by atoms with van der Waals surface area (Å²) in [7, 11) is 0. The number of nitrogen functional groups attached to an aromatic ring is 1. The standard InChI is InChI=1S/C26H25ClN6O/c1-17-10-11-18(2)32(17)20-12-13-23(27)21(15-20)26(34)30-14-6-9-24-22(16-28)25(29)33(31-24)19-7-4-3-5-8-19/h3-5,7-8,10-13,15H,6,9,14,29H2,1-2H3,(H,30,34). The van der Waals surface area contributed by atoms with Crippen LogP contribution < -0.4 is 11.1 Å². The van der Waals surface area contributed by atoms with Crippen molar-refractivity contribution in [3.63, 3.8) is 0 Å². The lowest BCUT2D eigenvalue weighted by Gasteiger charge is -2.12. The zero-order valence-electron chi connectivity index (χ0n) is 19.0. The number of rotatable bonds is 7. The van der Waals surface area contributed by atoms with Gasteiger partial charge in [0.05, 0.1) is 22.0 Å². The van der Waals surface area contributed by atoms with Crippen molar-refractivity contribution in [1.29, 1.82) is 5.26 Å². The number of aromatic nitrogens is 3. The molecule has 34 heavy (non-hydrogen) atoms. The van der Waals surface area contributed by atoms with Crippen molar-refractivity contribution < 1.29 is 4.79 Å². The van der Waals surface area contributed by atoms with Gasteiger partial charge in [-0.25, -0.2) is 4.68 Å². The molecule has 0 bridgehead atoms. The van der Waals surface area contributed by atoms with Crippen LogP contribution in [0.2, 0.25) is 5.02 Å². The Morgan fingerprint density at radius 2 is 1.79 bits per heavy atom. The van der Waals surface area contributed by atoms with E-state index in [0.717, 1.165) is 22.8 Å². The van der Waals surface area contributed by atoms with E-state index in [9.17, 15) is 10.1 Å². The molecule has 8 heteroatoms. The molecule has 0 fully saturated rings. The monoisotopic (exact) mass is 472 g/mol. The highest BCUT2D eigenvalue weighted by molar-refractivity contribution is 6.33. The molecule has 0 aliphatic heterocycles. The lowest BCUT2D eigenvalue weighted by Crippen LogP contribution is -2.25. The average molecular weight is 473 g/mol. The number of para-hydroxylation sites is 1. The van der Waals surface area contributed by atoms with Crippen LogP contribution in [0.4, 0.5) is 5.82 Å². The minimum absolute atomic E-state index is 0.246. The molecule has 1 amide bonds. The average Bonchev–Trinajstić information content (AvgIpc) is 3.35. The lowest BCUT2D eigenvalue weighted by molar-refractivity contribution is 0.0953. The molecule has 2 heterocycles. The Morgan fingerprint density at radius 1 is 1.09 bits per heavy atom. The smallest absolute Gasteiger partial charge is 0.252 e. The van der Waals surface area contributed by atoms with E-state index in [0.29, 0.717) is 47.0 Å². The van der Waals surface area contributed by atoms with E-state index < -0.39 is 0 Å². The summed E-state index contributed by atoms with van der Waals surface area (Å²) in [6, 6.07) is 21.1. The van der Waals surface area contributed by atoms with Crippen molar-refractivity contribution in [3.05, 3.63) is 93.9 Å². The van der Waals surface area contributed by atoms with Gasteiger partial charge in [-0.2, -0.15) is 10.4 Å². The Morgan fingerprint density at radius 3 is 2.47 bits per heavy atom. The second kappa shape index (κ2) is 9.86. The second-order valence-electron chi connectivity index (χ2n) is 8.04. The molecular formula is C26H25ClN6O. The molecule has 0 unspecified atom stereocenters. The first kappa shape index (κ1) is 23.1. The molecule has 172 valence electrons. The van der Waals surface area contributed by atoms with E-state index >= 15 is 0 Å². The van der Waals surface area contributed by atoms with Gasteiger partial charge in [0.25, 0.3) is 5.91 Å². The fraction of sp³-hybridized carbons (Fsp3) is 0.192. The van der Waals surface area contributed by atoms with Gasteiger partial charge >= 0.3 is 0 Å². The number of carbonyl (C=O) groups is 1. The van der Waals surface area contributed by atoms with Crippen molar-refractivity contribution in [2.75, 3.05) is 12.3 Å². The third-order valence-corrected chi connectivity index (χ3v) is 6.04. The van der Waals surface area contributed by atoms with Crippen LogP contribution in [-0.4, -0.2) is 26.8 Å². The van der Waals surface area contributed by atoms with E-state index in [1.54, 1.807) is 16.8 Å². The summed E-state index contributed by atoms with van der Waals surface area (Å²) in [4.78, 5) is 12.8. The first-order chi connectivity index (χ1) is 16.4. The number of amides is 1. The molecule has 4 aromatic rings. The van der Waals surface area contributed by atoms with Crippen molar-refractivity contribution in [1.82, 2.24) is 19.7 Å². The first-order valence-electron chi connectivity index (χ1n) is 11.0. The van der Waals surface area contributed by atoms with Gasteiger partial charge in [-0.15, -0.1) is 0 Å². The Kier molecular flexibility index (Phi) is 6.71. The molecule has 0 saturated carbocycles. The quantitative estimate of drug-likeness (QED) is 0.379. The largest absolute Gasteiger partial charge is 0.382 e. The predicted molar refractivity (Wildman–Crippen MR) is 134 cm³/mol. The van der Waals surface area contributed by atoms with Crippen molar-refractivity contribution in [3.8, 4) is 17.4 Å². The molecule has 0 saturated heterocycles. The molecule has 2 aromatic carbocycles. The minimum atomic E-state index is -0.246. The minimum Gasteiger partial charge on any atom is -0.382 e. The van der Waals surface area contributed by atoms with Crippen LogP contribution in [0, 0.1) is 25.2 Å². The highest BCUT2D eigenvalue weighted by Gasteiger charge is 2.17. The fourth-order valence-corrected chi connectivity index (χ4v) is 4.20. The topological polar surface area (TPSA) is 102 Å². The van der Waals surface area contributed by atoms with Gasteiger partial charge in [-0.3, -0.25) is 4.79 Å². The second-order valence-corrected chi connectivity index (χ2v) is 8.45. The van der Waals surface area contributed by atoms with E-state index in [4.69, 9.17) is 17.3 Å². The maximum atomic E-state index is 12.8. The summed E-state index contributed by atoms with van der Waals surface area (Å²) < 4.78 is 3.65. The number of halogens is 1. The molecule has 7 nitrogen and oxygen atoms in total. The maximum Gasteiger partial charge on any atom is 0.252 e. The number of anilines is 1. The van der Waals surface area contributed by atoms with Crippen LogP contribution in [0.25, 0.3) is 11.4 Å². The molecule has 4 rings (SSSR count). The zero-order valence-corrected chi connectivity index (χ0v) is 19.8. The summed E-state index contributed by atoms with van der Waals surface area (Å²) in [5, 5.41) is 17.4. The third kappa shape index (κ3) is 4.54. The third-order valence-electron chi connectivity index (χ3n) is 5.71. The Bertz CT molecular complexity index is 1360. The normalized spacial score (nSPS) is 10.8. The Labute approximate surface area is 203 Å². The van der Waals surface area contributed by atoms with E-state index in [1.165, 1.54) is 0 Å². The van der Waals surface area contributed by atoms with Crippen molar-refractivity contribution in [2.24, 2.45) is 0 Å². The van der Waals surface area contributed by atoms with Crippen LogP contribution in [0.15, 0.2) is 60.7 Å². The number of nitrogens with zero attached hydrogens (tertiary/aromatic N) is 4. The zero-order chi connectivity index (χ0) is 24.2. The van der Waals surface area contributed by atoms with Gasteiger partial charge in [-0.1, -0.05) is 29.8 Å². The van der Waals surface area contributed by atoms with Gasteiger partial charge in [-0.05, 0) is 69.2 Å². The van der Waals surface area contributed by atoms with Crippen molar-refractivity contribution in [2.45, 2.75) is 26.7 Å². The predicted octanol–water partition coefficient (Wildman–Crippen LogP) is 4.75. The Balaban J connectivity index is 1.43. The van der Waals surface area contributed by atoms with Gasteiger partial charge in [0.1, 0.15) is 17.5 Å². The molecule has 0 spiro atoms. The summed E-state index contributed by atoms with van der Waals surface area (Å²) in [5.41, 5.74) is 11.4. The first-order valence-corrected chi connectivity index (χ1v) is 11.3. The summed E-state index contributed by atoms with van der Waals surface area (Å²) >= 11 is 6.33. The van der Waals surface area contributed by atoms with Gasteiger partial charge in [0.2, 0.25) is 0 Å². The number of aryl methyl sites for hydroxylation is 3. The van der Waals surface area contributed by atoms with E-state index in [2.05, 4.69) is 21.1 Å². The summed E-state index contributed by atoms with van der Waals surface area (Å²) in [6.45, 7) is 4.44. The number of nitrogens with one attached hydrogen (secondary N) is 1. The molecule has 0 aliphatic carbocycles. The number of carbonyl (C=O) groups excluding carboxylic acids is 1. The SMILES string of the molecule is Cc1ccc(C)n1-c1ccc(Cl)c(C(=O)NCCCc2nn(-c3ccccc3)c(N)c2C#N)c1. The molecular weight excluding hydrogens is 448 g/mol. The maximum absolute atomic E-state index is 12.8. The summed E-state index contributed by atoms with van der Waals surface area (Å²) in [5.74, 6) is 0.0658. The molecule has 3 N–H and O–H groups in total. The molecule has 0 aliphatic rings. The highest BCUT2D eigenvalue weighted by Crippen LogP contribution is 2.24. The highest BCUT2D eigenvalue weighted by atomic mass is 35.5. The van der Waals surface area contributed by atoms with E-state index in [1.807, 2.05) is 62.4 Å². The van der Waals surface area contributed by atoms with Gasteiger partial charge < -0.3 is 15.6 Å². The van der Waals surface area contributed by atoms with Crippen LogP contribution >= 0.6 is 11.6 Å². The van der Waals surface area contributed by atoms with Crippen LogP contribution in [-0.2, 0) is 6.42 Å². The van der Waals surface area contributed by atoms with E-state index in [-0.39, 0.29) is 5.91 Å². The van der Waals surface area contributed by atoms with Crippen LogP contribution in [0.5, 0.6) is 0 Å². The van der Waals surface area contributed by atoms with Gasteiger partial charge in [0.15, 0.2) is 0 Å². The number of hydrogen-bond donors (Lipinski definition) is 2. The number of hydrogen-bond acceptors (Lipinski definition) is 4. The van der Waals surface area contributed by atoms with Crippen LogP contribution in [0.3, 0.4) is 0 Å². The number of nitrogens with two attached hydrogens (primary N) is 1. The van der Waals surface area contributed by atoms with Crippen LogP contribution in [0.1, 0.15) is 39.4 Å². The van der Waals surface area contributed by atoms with Crippen molar-refractivity contribution >= 4 is 23.3 Å². The molecule has 0 radical (unpaired) electrons. The number of nitriles is 1.